The highest BCUT2D eigenvalue weighted by Gasteiger charge is 2.13. The second-order valence-electron chi connectivity index (χ2n) is 6.25. The molecule has 0 aliphatic heterocycles. The first-order valence-corrected chi connectivity index (χ1v) is 9.61. The van der Waals surface area contributed by atoms with Gasteiger partial charge in [0.2, 0.25) is 5.13 Å². The van der Waals surface area contributed by atoms with Gasteiger partial charge in [0.05, 0.1) is 5.69 Å². The molecule has 1 heterocycles. The van der Waals surface area contributed by atoms with Gasteiger partial charge in [-0.15, -0.1) is 0 Å². The molecule has 4 nitrogen and oxygen atoms in total. The number of benzene rings is 2. The molecule has 27 heavy (non-hydrogen) atoms. The number of halogens is 2. The predicted octanol–water partition coefficient (Wildman–Crippen LogP) is 4.37. The SMILES string of the molecule is CCN(CCN(C)c1ccccc1F)c1nc(Cc2ccc(F)cc2)ns1. The van der Waals surface area contributed by atoms with Crippen LogP contribution >= 0.6 is 11.5 Å². The minimum absolute atomic E-state index is 0.222. The van der Waals surface area contributed by atoms with E-state index in [4.69, 9.17) is 0 Å². The molecule has 142 valence electrons. The zero-order chi connectivity index (χ0) is 19.2. The molecule has 0 saturated carbocycles. The first kappa shape index (κ1) is 19.2. The lowest BCUT2D eigenvalue weighted by molar-refractivity contribution is 0.621. The Hall–Kier alpha value is -2.54. The molecule has 0 atom stereocenters. The molecule has 0 bridgehead atoms. The van der Waals surface area contributed by atoms with Gasteiger partial charge in [0.15, 0.2) is 0 Å². The normalized spacial score (nSPS) is 10.8. The zero-order valence-corrected chi connectivity index (χ0v) is 16.2. The van der Waals surface area contributed by atoms with Crippen molar-refractivity contribution in [2.24, 2.45) is 0 Å². The summed E-state index contributed by atoms with van der Waals surface area (Å²) in [5, 5.41) is 0.844. The van der Waals surface area contributed by atoms with Crippen molar-refractivity contribution in [2.45, 2.75) is 13.3 Å². The lowest BCUT2D eigenvalue weighted by atomic mass is 10.1. The molecule has 0 aliphatic carbocycles. The van der Waals surface area contributed by atoms with Gasteiger partial charge in [-0.05, 0) is 36.8 Å². The van der Waals surface area contributed by atoms with E-state index in [1.807, 2.05) is 18.0 Å². The predicted molar refractivity (Wildman–Crippen MR) is 107 cm³/mol. The average molecular weight is 388 g/mol. The van der Waals surface area contributed by atoms with Gasteiger partial charge in [0.25, 0.3) is 0 Å². The van der Waals surface area contributed by atoms with Crippen LogP contribution in [0.4, 0.5) is 19.6 Å². The molecule has 0 saturated heterocycles. The highest BCUT2D eigenvalue weighted by molar-refractivity contribution is 7.09. The summed E-state index contributed by atoms with van der Waals surface area (Å²) in [6.07, 6.45) is 0.573. The summed E-state index contributed by atoms with van der Waals surface area (Å²) in [6.45, 7) is 4.23. The molecular formula is C20H22F2N4S. The molecule has 0 N–H and O–H groups in total. The maximum Gasteiger partial charge on any atom is 0.205 e. The quantitative estimate of drug-likeness (QED) is 0.574. The Morgan fingerprint density at radius 3 is 2.44 bits per heavy atom. The number of nitrogens with zero attached hydrogens (tertiary/aromatic N) is 4. The van der Waals surface area contributed by atoms with Gasteiger partial charge in [0.1, 0.15) is 17.5 Å². The molecule has 1 aromatic heterocycles. The Morgan fingerprint density at radius 1 is 1.00 bits per heavy atom. The summed E-state index contributed by atoms with van der Waals surface area (Å²) in [4.78, 5) is 8.64. The number of hydrogen-bond acceptors (Lipinski definition) is 5. The number of hydrogen-bond donors (Lipinski definition) is 0. The first-order valence-electron chi connectivity index (χ1n) is 8.84. The van der Waals surface area contributed by atoms with Crippen LogP contribution in [0.5, 0.6) is 0 Å². The van der Waals surface area contributed by atoms with Gasteiger partial charge in [-0.1, -0.05) is 24.3 Å². The van der Waals surface area contributed by atoms with Crippen LogP contribution in [0.3, 0.4) is 0 Å². The smallest absolute Gasteiger partial charge is 0.205 e. The molecule has 7 heteroatoms. The molecule has 0 radical (unpaired) electrons. The third-order valence-corrected chi connectivity index (χ3v) is 5.17. The van der Waals surface area contributed by atoms with Crippen molar-refractivity contribution in [3.05, 3.63) is 71.6 Å². The highest BCUT2D eigenvalue weighted by Crippen LogP contribution is 2.20. The maximum absolute atomic E-state index is 13.9. The molecule has 2 aromatic carbocycles. The summed E-state index contributed by atoms with van der Waals surface area (Å²) in [6, 6.07) is 13.1. The molecule has 0 aliphatic rings. The van der Waals surface area contributed by atoms with Crippen molar-refractivity contribution in [3.63, 3.8) is 0 Å². The molecule has 0 spiro atoms. The van der Waals surface area contributed by atoms with Crippen LogP contribution < -0.4 is 9.80 Å². The minimum Gasteiger partial charge on any atom is -0.370 e. The van der Waals surface area contributed by atoms with E-state index in [9.17, 15) is 8.78 Å². The van der Waals surface area contributed by atoms with E-state index in [0.29, 0.717) is 25.2 Å². The van der Waals surface area contributed by atoms with Gasteiger partial charge in [0, 0.05) is 44.6 Å². The fourth-order valence-electron chi connectivity index (χ4n) is 2.77. The van der Waals surface area contributed by atoms with Crippen LogP contribution in [-0.2, 0) is 6.42 Å². The second kappa shape index (κ2) is 8.90. The van der Waals surface area contributed by atoms with E-state index in [0.717, 1.165) is 23.1 Å². The van der Waals surface area contributed by atoms with E-state index < -0.39 is 0 Å². The number of rotatable bonds is 8. The lowest BCUT2D eigenvalue weighted by Gasteiger charge is -2.25. The van der Waals surface area contributed by atoms with Crippen LogP contribution in [0.15, 0.2) is 48.5 Å². The monoisotopic (exact) mass is 388 g/mol. The summed E-state index contributed by atoms with van der Waals surface area (Å²) in [7, 11) is 1.88. The molecule has 0 amide bonds. The summed E-state index contributed by atoms with van der Waals surface area (Å²) < 4.78 is 31.3. The maximum atomic E-state index is 13.9. The van der Waals surface area contributed by atoms with E-state index in [1.54, 1.807) is 24.3 Å². The topological polar surface area (TPSA) is 32.3 Å². The van der Waals surface area contributed by atoms with Crippen LogP contribution in [0, 0.1) is 11.6 Å². The van der Waals surface area contributed by atoms with Crippen molar-refractivity contribution in [1.29, 1.82) is 0 Å². The Bertz CT molecular complexity index is 866. The molecule has 3 aromatic rings. The number of para-hydroxylation sites is 1. The summed E-state index contributed by atoms with van der Waals surface area (Å²) in [5.41, 5.74) is 1.56. The molecule has 0 unspecified atom stereocenters. The van der Waals surface area contributed by atoms with E-state index in [-0.39, 0.29) is 11.6 Å². The Morgan fingerprint density at radius 2 is 1.74 bits per heavy atom. The van der Waals surface area contributed by atoms with Crippen LogP contribution in [0.25, 0.3) is 0 Å². The second-order valence-corrected chi connectivity index (χ2v) is 6.98. The van der Waals surface area contributed by atoms with Crippen molar-refractivity contribution in [1.82, 2.24) is 9.36 Å². The van der Waals surface area contributed by atoms with E-state index in [1.165, 1.54) is 29.7 Å². The molecule has 3 rings (SSSR count). The summed E-state index contributed by atoms with van der Waals surface area (Å²) >= 11 is 1.35. The van der Waals surface area contributed by atoms with Crippen molar-refractivity contribution >= 4 is 22.4 Å². The summed E-state index contributed by atoms with van der Waals surface area (Å²) in [5.74, 6) is 0.255. The third kappa shape index (κ3) is 5.01. The first-order chi connectivity index (χ1) is 13.1. The largest absolute Gasteiger partial charge is 0.370 e. The average Bonchev–Trinajstić information content (AvgIpc) is 3.12. The Kier molecular flexibility index (Phi) is 6.34. The van der Waals surface area contributed by atoms with E-state index in [2.05, 4.69) is 21.2 Å². The highest BCUT2D eigenvalue weighted by atomic mass is 32.1. The van der Waals surface area contributed by atoms with Gasteiger partial charge in [-0.3, -0.25) is 0 Å². The minimum atomic E-state index is -0.248. The Labute approximate surface area is 162 Å². The zero-order valence-electron chi connectivity index (χ0n) is 15.4. The number of likely N-dealkylation sites (N-methyl/N-ethyl adjacent to an activating group) is 2. The Balaban J connectivity index is 1.61. The fourth-order valence-corrected chi connectivity index (χ4v) is 3.55. The van der Waals surface area contributed by atoms with Gasteiger partial charge < -0.3 is 9.80 Å². The standard InChI is InChI=1S/C20H22F2N4S/c1-3-26(13-12-25(2)18-7-5-4-6-17(18)22)20-23-19(24-27-20)14-15-8-10-16(21)11-9-15/h4-11H,3,12-14H2,1-2H3. The van der Waals surface area contributed by atoms with Crippen LogP contribution in [-0.4, -0.2) is 36.0 Å². The van der Waals surface area contributed by atoms with Gasteiger partial charge in [-0.2, -0.15) is 4.37 Å². The van der Waals surface area contributed by atoms with Crippen molar-refractivity contribution < 1.29 is 8.78 Å². The van der Waals surface area contributed by atoms with Gasteiger partial charge in [-0.25, -0.2) is 13.8 Å². The molecule has 0 fully saturated rings. The number of anilines is 2. The van der Waals surface area contributed by atoms with Crippen LogP contribution in [0.2, 0.25) is 0 Å². The third-order valence-electron chi connectivity index (χ3n) is 4.35. The van der Waals surface area contributed by atoms with Crippen molar-refractivity contribution in [3.8, 4) is 0 Å². The fraction of sp³-hybridized carbons (Fsp3) is 0.300. The lowest BCUT2D eigenvalue weighted by Crippen LogP contribution is -2.33. The van der Waals surface area contributed by atoms with Crippen molar-refractivity contribution in [2.75, 3.05) is 36.5 Å². The van der Waals surface area contributed by atoms with Crippen LogP contribution in [0.1, 0.15) is 18.3 Å². The van der Waals surface area contributed by atoms with E-state index >= 15 is 0 Å². The number of aromatic nitrogens is 2. The molecular weight excluding hydrogens is 366 g/mol. The van der Waals surface area contributed by atoms with Gasteiger partial charge >= 0.3 is 0 Å².